The molecule has 0 spiro atoms. The molecule has 1 N–H and O–H groups in total. The summed E-state index contributed by atoms with van der Waals surface area (Å²) >= 11 is 5.04. The van der Waals surface area contributed by atoms with E-state index in [0.29, 0.717) is 28.5 Å². The van der Waals surface area contributed by atoms with E-state index in [-0.39, 0.29) is 5.56 Å². The molecule has 0 radical (unpaired) electrons. The number of halogens is 1. The van der Waals surface area contributed by atoms with Gasteiger partial charge in [0.2, 0.25) is 0 Å². The number of fused-ring (bicyclic) bond motifs is 1. The first kappa shape index (κ1) is 22.5. The maximum Gasteiger partial charge on any atom is 0.278 e. The van der Waals surface area contributed by atoms with Crippen molar-refractivity contribution < 1.29 is 4.74 Å². The summed E-state index contributed by atoms with van der Waals surface area (Å²) in [6.45, 7) is 0.369. The molecule has 0 saturated heterocycles. The van der Waals surface area contributed by atoms with Crippen molar-refractivity contribution in [1.29, 1.82) is 0 Å². The number of aromatic amines is 1. The van der Waals surface area contributed by atoms with Crippen LogP contribution in [0.2, 0.25) is 0 Å². The molecule has 0 bridgehead atoms. The Balaban J connectivity index is 1.62. The molecular weight excluding hydrogens is 510 g/mol. The molecule has 0 aliphatic rings. The van der Waals surface area contributed by atoms with Crippen LogP contribution in [0.1, 0.15) is 11.1 Å². The van der Waals surface area contributed by atoms with Crippen molar-refractivity contribution in [3.8, 4) is 16.9 Å². The number of methoxy groups -OCH3 is 1. The van der Waals surface area contributed by atoms with Gasteiger partial charge in [-0.25, -0.2) is 4.98 Å². The molecule has 0 amide bonds. The third-order valence-electron chi connectivity index (χ3n) is 5.64. The van der Waals surface area contributed by atoms with E-state index >= 15 is 0 Å². The van der Waals surface area contributed by atoms with Crippen LogP contribution in [0.15, 0.2) is 99.5 Å². The van der Waals surface area contributed by atoms with E-state index in [2.05, 4.69) is 33.0 Å². The van der Waals surface area contributed by atoms with Crippen LogP contribution >= 0.6 is 27.7 Å². The van der Waals surface area contributed by atoms with Crippen LogP contribution in [0.5, 0.6) is 5.75 Å². The predicted molar refractivity (Wildman–Crippen MR) is 142 cm³/mol. The van der Waals surface area contributed by atoms with Crippen molar-refractivity contribution in [3.05, 3.63) is 111 Å². The zero-order valence-corrected chi connectivity index (χ0v) is 20.9. The summed E-state index contributed by atoms with van der Waals surface area (Å²) in [5, 5.41) is 0.670. The minimum absolute atomic E-state index is 0.101. The van der Waals surface area contributed by atoms with Crippen molar-refractivity contribution in [3.63, 3.8) is 0 Å². The van der Waals surface area contributed by atoms with Gasteiger partial charge in [-0.3, -0.25) is 9.36 Å². The van der Waals surface area contributed by atoms with Gasteiger partial charge in [-0.1, -0.05) is 88.4 Å². The first-order valence-corrected chi connectivity index (χ1v) is 12.6. The van der Waals surface area contributed by atoms with Crippen LogP contribution < -0.4 is 10.3 Å². The van der Waals surface area contributed by atoms with Gasteiger partial charge in [-0.05, 0) is 29.3 Å². The monoisotopic (exact) mass is 531 g/mol. The number of H-pyrrole nitrogens is 1. The lowest BCUT2D eigenvalue weighted by atomic mass is 10.1. The van der Waals surface area contributed by atoms with Gasteiger partial charge >= 0.3 is 0 Å². The molecule has 170 valence electrons. The van der Waals surface area contributed by atoms with E-state index in [1.54, 1.807) is 23.4 Å². The molecule has 34 heavy (non-hydrogen) atoms. The number of benzene rings is 3. The maximum absolute atomic E-state index is 13.7. The Hall–Kier alpha value is -3.29. The minimum atomic E-state index is -0.101. The molecule has 0 aliphatic carbocycles. The van der Waals surface area contributed by atoms with Crippen LogP contribution in [0.25, 0.3) is 22.2 Å². The van der Waals surface area contributed by atoms with Gasteiger partial charge in [0, 0.05) is 27.5 Å². The molecule has 0 saturated carbocycles. The fourth-order valence-corrected chi connectivity index (χ4v) is 5.10. The molecule has 7 heteroatoms. The maximum atomic E-state index is 13.7. The molecule has 5 rings (SSSR count). The van der Waals surface area contributed by atoms with E-state index in [1.165, 1.54) is 0 Å². The summed E-state index contributed by atoms with van der Waals surface area (Å²) in [7, 11) is 1.64. The molecule has 5 aromatic rings. The van der Waals surface area contributed by atoms with Crippen LogP contribution in [0, 0.1) is 0 Å². The number of aromatic nitrogens is 3. The van der Waals surface area contributed by atoms with Crippen molar-refractivity contribution in [2.75, 3.05) is 7.11 Å². The van der Waals surface area contributed by atoms with Crippen LogP contribution in [0.3, 0.4) is 0 Å². The highest BCUT2D eigenvalue weighted by molar-refractivity contribution is 9.10. The third kappa shape index (κ3) is 4.54. The Morgan fingerprint density at radius 1 is 1.00 bits per heavy atom. The number of hydrogen-bond donors (Lipinski definition) is 1. The van der Waals surface area contributed by atoms with E-state index in [9.17, 15) is 4.79 Å². The second-order valence-corrected chi connectivity index (χ2v) is 9.66. The number of para-hydroxylation sites is 1. The Labute approximate surface area is 210 Å². The number of nitrogens with one attached hydrogen (secondary N) is 1. The van der Waals surface area contributed by atoms with Gasteiger partial charge in [-0.2, -0.15) is 0 Å². The number of thioether (sulfide) groups is 1. The molecule has 5 nitrogen and oxygen atoms in total. The SMILES string of the molecule is COc1ccccc1Cn1c(SCc2ccc(Br)cc2)nc2c(-c3ccccc3)c[nH]c2c1=O. The Morgan fingerprint density at radius 3 is 2.50 bits per heavy atom. The zero-order valence-electron chi connectivity index (χ0n) is 18.5. The average Bonchev–Trinajstić information content (AvgIpc) is 3.30. The Kier molecular flexibility index (Phi) is 6.56. The van der Waals surface area contributed by atoms with Crippen LogP contribution in [0.4, 0.5) is 0 Å². The molecule has 2 heterocycles. The normalized spacial score (nSPS) is 11.1. The lowest BCUT2D eigenvalue weighted by molar-refractivity contribution is 0.407. The van der Waals surface area contributed by atoms with Crippen molar-refractivity contribution in [1.82, 2.24) is 14.5 Å². The van der Waals surface area contributed by atoms with E-state index < -0.39 is 0 Å². The molecule has 0 atom stereocenters. The fraction of sp³-hybridized carbons (Fsp3) is 0.111. The van der Waals surface area contributed by atoms with Crippen LogP contribution in [-0.2, 0) is 12.3 Å². The average molecular weight is 532 g/mol. The minimum Gasteiger partial charge on any atom is -0.496 e. The van der Waals surface area contributed by atoms with Crippen molar-refractivity contribution in [2.24, 2.45) is 0 Å². The van der Waals surface area contributed by atoms with Crippen molar-refractivity contribution >= 4 is 38.7 Å². The van der Waals surface area contributed by atoms with Gasteiger partial charge in [-0.15, -0.1) is 0 Å². The summed E-state index contributed by atoms with van der Waals surface area (Å²) < 4.78 is 8.30. The first-order chi connectivity index (χ1) is 16.6. The highest BCUT2D eigenvalue weighted by Crippen LogP contribution is 2.30. The zero-order chi connectivity index (χ0) is 23.5. The smallest absolute Gasteiger partial charge is 0.278 e. The van der Waals surface area contributed by atoms with Crippen LogP contribution in [-0.4, -0.2) is 21.6 Å². The Morgan fingerprint density at radius 2 is 1.74 bits per heavy atom. The topological polar surface area (TPSA) is 59.9 Å². The fourth-order valence-electron chi connectivity index (χ4n) is 3.89. The largest absolute Gasteiger partial charge is 0.496 e. The molecule has 0 unspecified atom stereocenters. The number of ether oxygens (including phenoxy) is 1. The lowest BCUT2D eigenvalue weighted by Gasteiger charge is -2.14. The predicted octanol–water partition coefficient (Wildman–Crippen LogP) is 6.50. The summed E-state index contributed by atoms with van der Waals surface area (Å²) in [4.78, 5) is 21.9. The summed E-state index contributed by atoms with van der Waals surface area (Å²) in [5.41, 5.74) is 5.11. The number of rotatable bonds is 7. The summed E-state index contributed by atoms with van der Waals surface area (Å²) in [6.07, 6.45) is 1.87. The second kappa shape index (κ2) is 9.91. The van der Waals surface area contributed by atoms with Gasteiger partial charge in [0.25, 0.3) is 5.56 Å². The van der Waals surface area contributed by atoms with Gasteiger partial charge in [0.1, 0.15) is 16.8 Å². The van der Waals surface area contributed by atoms with Gasteiger partial charge in [0.15, 0.2) is 5.16 Å². The quantitative estimate of drug-likeness (QED) is 0.192. The van der Waals surface area contributed by atoms with E-state index in [0.717, 1.165) is 32.5 Å². The van der Waals surface area contributed by atoms with Gasteiger partial charge in [0.05, 0.1) is 13.7 Å². The van der Waals surface area contributed by atoms with E-state index in [4.69, 9.17) is 9.72 Å². The standard InChI is InChI=1S/C27H22BrN3O2S/c1-33-23-10-6-5-9-20(23)16-31-26(32)25-24(22(15-29-25)19-7-3-2-4-8-19)30-27(31)34-17-18-11-13-21(28)14-12-18/h2-15,29H,16-17H2,1H3. The molecule has 0 fully saturated rings. The lowest BCUT2D eigenvalue weighted by Crippen LogP contribution is -2.24. The molecular formula is C27H22BrN3O2S. The molecule has 2 aromatic heterocycles. The summed E-state index contributed by atoms with van der Waals surface area (Å²) in [6, 6.07) is 25.9. The number of hydrogen-bond acceptors (Lipinski definition) is 4. The van der Waals surface area contributed by atoms with Gasteiger partial charge < -0.3 is 9.72 Å². The Bertz CT molecular complexity index is 1490. The highest BCUT2D eigenvalue weighted by atomic mass is 79.9. The first-order valence-electron chi connectivity index (χ1n) is 10.8. The third-order valence-corrected chi connectivity index (χ3v) is 7.21. The molecule has 0 aliphatic heterocycles. The van der Waals surface area contributed by atoms with E-state index in [1.807, 2.05) is 72.9 Å². The summed E-state index contributed by atoms with van der Waals surface area (Å²) in [5.74, 6) is 1.44. The molecule has 3 aromatic carbocycles. The second-order valence-electron chi connectivity index (χ2n) is 7.80. The number of nitrogens with zero attached hydrogens (tertiary/aromatic N) is 2. The van der Waals surface area contributed by atoms with Crippen molar-refractivity contribution in [2.45, 2.75) is 17.5 Å². The highest BCUT2D eigenvalue weighted by Gasteiger charge is 2.18.